The second-order valence-corrected chi connectivity index (χ2v) is 6.36. The van der Waals surface area contributed by atoms with Gasteiger partial charge in [0.05, 0.1) is 0 Å². The number of halogens is 1. The normalized spacial score (nSPS) is 21.6. The molecule has 0 bridgehead atoms. The van der Waals surface area contributed by atoms with Gasteiger partial charge in [0.15, 0.2) is 0 Å². The molecule has 0 spiro atoms. The van der Waals surface area contributed by atoms with Crippen LogP contribution < -0.4 is 4.90 Å². The summed E-state index contributed by atoms with van der Waals surface area (Å²) in [6, 6.07) is 4.20. The quantitative estimate of drug-likeness (QED) is 0.795. The Morgan fingerprint density at radius 2 is 1.85 bits per heavy atom. The highest BCUT2D eigenvalue weighted by Crippen LogP contribution is 2.24. The van der Waals surface area contributed by atoms with Gasteiger partial charge in [-0.25, -0.2) is 4.98 Å². The molecule has 0 aromatic carbocycles. The van der Waals surface area contributed by atoms with Gasteiger partial charge in [-0.15, -0.1) is 11.6 Å². The van der Waals surface area contributed by atoms with Gasteiger partial charge in [0.1, 0.15) is 5.82 Å². The Morgan fingerprint density at radius 1 is 1.10 bits per heavy atom. The van der Waals surface area contributed by atoms with Gasteiger partial charge in [-0.3, -0.25) is 0 Å². The molecule has 0 aliphatic carbocycles. The summed E-state index contributed by atoms with van der Waals surface area (Å²) in [5.74, 6) is 2.54. The van der Waals surface area contributed by atoms with Gasteiger partial charge in [-0.2, -0.15) is 0 Å². The van der Waals surface area contributed by atoms with Crippen molar-refractivity contribution in [1.82, 2.24) is 9.88 Å². The molecule has 3 nitrogen and oxygen atoms in total. The van der Waals surface area contributed by atoms with Crippen molar-refractivity contribution < 1.29 is 0 Å². The molecule has 0 saturated carbocycles. The second kappa shape index (κ2) is 6.77. The zero-order valence-electron chi connectivity index (χ0n) is 12.1. The van der Waals surface area contributed by atoms with Gasteiger partial charge < -0.3 is 9.80 Å². The topological polar surface area (TPSA) is 19.4 Å². The van der Waals surface area contributed by atoms with E-state index in [1.54, 1.807) is 0 Å². The van der Waals surface area contributed by atoms with Crippen molar-refractivity contribution in [3.8, 4) is 0 Å². The van der Waals surface area contributed by atoms with Crippen LogP contribution in [0.2, 0.25) is 0 Å². The van der Waals surface area contributed by atoms with Gasteiger partial charge in [0.2, 0.25) is 0 Å². The first-order valence-electron chi connectivity index (χ1n) is 7.83. The molecule has 3 rings (SSSR count). The van der Waals surface area contributed by atoms with Gasteiger partial charge in [-0.05, 0) is 56.3 Å². The lowest BCUT2D eigenvalue weighted by molar-refractivity contribution is 0.249. The van der Waals surface area contributed by atoms with E-state index in [1.165, 1.54) is 45.3 Å². The minimum Gasteiger partial charge on any atom is -0.357 e. The fourth-order valence-corrected chi connectivity index (χ4v) is 3.52. The van der Waals surface area contributed by atoms with Crippen LogP contribution in [0.25, 0.3) is 0 Å². The summed E-state index contributed by atoms with van der Waals surface area (Å²) >= 11 is 5.81. The Balaban J connectivity index is 1.49. The highest BCUT2D eigenvalue weighted by molar-refractivity contribution is 6.17. The van der Waals surface area contributed by atoms with E-state index < -0.39 is 0 Å². The van der Waals surface area contributed by atoms with Gasteiger partial charge in [0, 0.05) is 31.7 Å². The number of anilines is 1. The van der Waals surface area contributed by atoms with E-state index in [4.69, 9.17) is 11.6 Å². The number of nitrogens with zero attached hydrogens (tertiary/aromatic N) is 3. The number of hydrogen-bond donors (Lipinski definition) is 0. The molecule has 2 aliphatic heterocycles. The predicted molar refractivity (Wildman–Crippen MR) is 84.4 cm³/mol. The number of pyridine rings is 1. The lowest BCUT2D eigenvalue weighted by Gasteiger charge is -2.34. The molecule has 20 heavy (non-hydrogen) atoms. The number of piperidine rings is 1. The number of likely N-dealkylation sites (tertiary alicyclic amines) is 1. The van der Waals surface area contributed by atoms with Crippen LogP contribution in [0, 0.1) is 5.92 Å². The standard InChI is InChI=1S/C16H24ClN3/c17-11-15-3-4-16(18-12-15)20-9-5-14(6-10-20)13-19-7-1-2-8-19/h3-4,12,14H,1-2,5-11,13H2. The van der Waals surface area contributed by atoms with E-state index in [0.717, 1.165) is 30.4 Å². The highest BCUT2D eigenvalue weighted by atomic mass is 35.5. The third-order valence-corrected chi connectivity index (χ3v) is 4.93. The number of hydrogen-bond acceptors (Lipinski definition) is 3. The van der Waals surface area contributed by atoms with E-state index in [9.17, 15) is 0 Å². The zero-order valence-corrected chi connectivity index (χ0v) is 12.9. The number of rotatable bonds is 4. The number of alkyl halides is 1. The van der Waals surface area contributed by atoms with Crippen LogP contribution in [-0.2, 0) is 5.88 Å². The van der Waals surface area contributed by atoms with Crippen LogP contribution in [-0.4, -0.2) is 42.6 Å². The molecule has 2 fully saturated rings. The average molecular weight is 294 g/mol. The molecule has 3 heterocycles. The molecule has 0 N–H and O–H groups in total. The monoisotopic (exact) mass is 293 g/mol. The Labute approximate surface area is 126 Å². The predicted octanol–water partition coefficient (Wildman–Crippen LogP) is 3.13. The summed E-state index contributed by atoms with van der Waals surface area (Å²) in [6.45, 7) is 6.24. The summed E-state index contributed by atoms with van der Waals surface area (Å²) in [7, 11) is 0. The molecule has 4 heteroatoms. The molecule has 1 aromatic heterocycles. The maximum Gasteiger partial charge on any atom is 0.128 e. The van der Waals surface area contributed by atoms with Crippen LogP contribution in [0.4, 0.5) is 5.82 Å². The summed E-state index contributed by atoms with van der Waals surface area (Å²) < 4.78 is 0. The molecule has 0 unspecified atom stereocenters. The van der Waals surface area contributed by atoms with Crippen LogP contribution >= 0.6 is 11.6 Å². The summed E-state index contributed by atoms with van der Waals surface area (Å²) in [5, 5.41) is 0. The molecule has 0 atom stereocenters. The third kappa shape index (κ3) is 3.44. The average Bonchev–Trinajstić information content (AvgIpc) is 3.01. The third-order valence-electron chi connectivity index (χ3n) is 4.62. The van der Waals surface area contributed by atoms with Crippen molar-refractivity contribution in [2.75, 3.05) is 37.6 Å². The summed E-state index contributed by atoms with van der Waals surface area (Å²) in [4.78, 5) is 9.59. The molecule has 0 amide bonds. The molecule has 110 valence electrons. The Kier molecular flexibility index (Phi) is 4.79. The first kappa shape index (κ1) is 14.2. The molecule has 0 radical (unpaired) electrons. The van der Waals surface area contributed by atoms with Crippen molar-refractivity contribution in [2.24, 2.45) is 5.92 Å². The minimum atomic E-state index is 0.547. The van der Waals surface area contributed by atoms with Crippen LogP contribution in [0.15, 0.2) is 18.3 Å². The Bertz CT molecular complexity index is 406. The second-order valence-electron chi connectivity index (χ2n) is 6.10. The molecule has 2 saturated heterocycles. The highest BCUT2D eigenvalue weighted by Gasteiger charge is 2.23. The van der Waals surface area contributed by atoms with Crippen molar-refractivity contribution in [1.29, 1.82) is 0 Å². The van der Waals surface area contributed by atoms with Gasteiger partial charge >= 0.3 is 0 Å². The maximum atomic E-state index is 5.81. The SMILES string of the molecule is ClCc1ccc(N2CCC(CN3CCCC3)CC2)nc1. The fourth-order valence-electron chi connectivity index (χ4n) is 3.36. The fraction of sp³-hybridized carbons (Fsp3) is 0.688. The van der Waals surface area contributed by atoms with Crippen molar-refractivity contribution in [3.05, 3.63) is 23.9 Å². The van der Waals surface area contributed by atoms with Crippen LogP contribution in [0.5, 0.6) is 0 Å². The minimum absolute atomic E-state index is 0.547. The van der Waals surface area contributed by atoms with E-state index in [1.807, 2.05) is 6.20 Å². The van der Waals surface area contributed by atoms with Gasteiger partial charge in [0.25, 0.3) is 0 Å². The van der Waals surface area contributed by atoms with Crippen LogP contribution in [0.3, 0.4) is 0 Å². The first-order valence-corrected chi connectivity index (χ1v) is 8.37. The molecular formula is C16H24ClN3. The molecular weight excluding hydrogens is 270 g/mol. The molecule has 2 aliphatic rings. The smallest absolute Gasteiger partial charge is 0.128 e. The van der Waals surface area contributed by atoms with Crippen molar-refractivity contribution in [3.63, 3.8) is 0 Å². The van der Waals surface area contributed by atoms with Crippen molar-refractivity contribution in [2.45, 2.75) is 31.6 Å². The van der Waals surface area contributed by atoms with Crippen molar-refractivity contribution >= 4 is 17.4 Å². The van der Waals surface area contributed by atoms with E-state index >= 15 is 0 Å². The van der Waals surface area contributed by atoms with Crippen LogP contribution in [0.1, 0.15) is 31.2 Å². The van der Waals surface area contributed by atoms with E-state index in [0.29, 0.717) is 5.88 Å². The Hall–Kier alpha value is -0.800. The lowest BCUT2D eigenvalue weighted by Crippen LogP contribution is -2.38. The Morgan fingerprint density at radius 3 is 2.45 bits per heavy atom. The zero-order chi connectivity index (χ0) is 13.8. The van der Waals surface area contributed by atoms with E-state index in [-0.39, 0.29) is 0 Å². The molecule has 1 aromatic rings. The number of aromatic nitrogens is 1. The van der Waals surface area contributed by atoms with E-state index in [2.05, 4.69) is 26.9 Å². The van der Waals surface area contributed by atoms with Gasteiger partial charge in [-0.1, -0.05) is 6.07 Å². The maximum absolute atomic E-state index is 5.81. The first-order chi connectivity index (χ1) is 9.85. The summed E-state index contributed by atoms with van der Waals surface area (Å²) in [6.07, 6.45) is 7.30. The lowest BCUT2D eigenvalue weighted by atomic mass is 9.96. The largest absolute Gasteiger partial charge is 0.357 e. The summed E-state index contributed by atoms with van der Waals surface area (Å²) in [5.41, 5.74) is 1.10.